The van der Waals surface area contributed by atoms with Crippen molar-refractivity contribution < 1.29 is 13.5 Å². The second kappa shape index (κ2) is 10.1. The number of aryl methyl sites for hydroxylation is 1. The normalized spacial score (nSPS) is 11.4. The van der Waals surface area contributed by atoms with E-state index in [1.165, 1.54) is 25.4 Å². The molecule has 0 fully saturated rings. The Kier molecular flexibility index (Phi) is 7.25. The average Bonchev–Trinajstić information content (AvgIpc) is 2.81. The van der Waals surface area contributed by atoms with Gasteiger partial charge in [0.05, 0.1) is 13.3 Å². The summed E-state index contributed by atoms with van der Waals surface area (Å²) in [6.45, 7) is 5.38. The van der Waals surface area contributed by atoms with E-state index < -0.39 is 11.6 Å². The van der Waals surface area contributed by atoms with Crippen molar-refractivity contribution in [1.29, 1.82) is 5.41 Å². The van der Waals surface area contributed by atoms with Gasteiger partial charge in [-0.1, -0.05) is 31.2 Å². The van der Waals surface area contributed by atoms with Crippen LogP contribution >= 0.6 is 0 Å². The third-order valence-corrected chi connectivity index (χ3v) is 5.02. The minimum atomic E-state index is -0.625. The van der Waals surface area contributed by atoms with E-state index in [4.69, 9.17) is 10.1 Å². The van der Waals surface area contributed by atoms with Gasteiger partial charge in [0.25, 0.3) is 0 Å². The maximum Gasteiger partial charge on any atom is 0.198 e. The Morgan fingerprint density at radius 3 is 2.66 bits per heavy atom. The molecule has 0 aliphatic heterocycles. The van der Waals surface area contributed by atoms with E-state index >= 15 is 0 Å². The highest BCUT2D eigenvalue weighted by Gasteiger charge is 2.17. The molecule has 2 aromatic carbocycles. The number of nitrogens with one attached hydrogen (secondary N) is 2. The maximum atomic E-state index is 14.4. The Balaban J connectivity index is 1.93. The summed E-state index contributed by atoms with van der Waals surface area (Å²) in [5.74, 6) is -0.296. The van der Waals surface area contributed by atoms with Crippen LogP contribution in [0.15, 0.2) is 47.6 Å². The fourth-order valence-corrected chi connectivity index (χ4v) is 3.00. The van der Waals surface area contributed by atoms with E-state index in [-0.39, 0.29) is 23.6 Å². The molecule has 0 unspecified atom stereocenters. The molecule has 1 aromatic heterocycles. The van der Waals surface area contributed by atoms with E-state index in [2.05, 4.69) is 20.3 Å². The number of nitrogens with zero attached hydrogens (tertiary/aromatic N) is 3. The highest BCUT2D eigenvalue weighted by molar-refractivity contribution is 6.12. The first-order chi connectivity index (χ1) is 15.3. The second-order valence-corrected chi connectivity index (χ2v) is 7.22. The standard InChI is InChI=1S/C24H25F2N5O/c1-5-15(3)30-23-20(32-4)13-29-24(31-23)22(27)16-8-6-7-9-19(16)28-12-17-18(25)11-10-14(2)21(17)26/h6-11,13,27-28H,5,12H2,1-4H3. The van der Waals surface area contributed by atoms with Gasteiger partial charge in [-0.25, -0.2) is 23.7 Å². The zero-order chi connectivity index (χ0) is 23.3. The van der Waals surface area contributed by atoms with Crippen LogP contribution in [0.5, 0.6) is 5.75 Å². The van der Waals surface area contributed by atoms with Gasteiger partial charge in [0.1, 0.15) is 17.3 Å². The van der Waals surface area contributed by atoms with Gasteiger partial charge >= 0.3 is 0 Å². The lowest BCUT2D eigenvalue weighted by Crippen LogP contribution is -2.12. The molecule has 1 heterocycles. The Morgan fingerprint density at radius 1 is 1.19 bits per heavy atom. The van der Waals surface area contributed by atoms with Gasteiger partial charge in [0.2, 0.25) is 0 Å². The molecule has 8 heteroatoms. The molecule has 0 saturated carbocycles. The van der Waals surface area contributed by atoms with E-state index in [1.54, 1.807) is 31.2 Å². The summed E-state index contributed by atoms with van der Waals surface area (Å²) in [6, 6.07) is 9.65. The average molecular weight is 437 g/mol. The zero-order valence-electron chi connectivity index (χ0n) is 18.5. The van der Waals surface area contributed by atoms with Crippen LogP contribution in [0.4, 0.5) is 20.3 Å². The summed E-state index contributed by atoms with van der Waals surface area (Å²) < 4.78 is 33.8. The molecule has 3 rings (SSSR count). The number of aliphatic imine (C=N–C) groups is 1. The van der Waals surface area contributed by atoms with Gasteiger partial charge in [0, 0.05) is 29.1 Å². The number of hydrogen-bond donors (Lipinski definition) is 2. The molecule has 2 N–H and O–H groups in total. The summed E-state index contributed by atoms with van der Waals surface area (Å²) in [5, 5.41) is 11.7. The Morgan fingerprint density at radius 2 is 1.94 bits per heavy atom. The summed E-state index contributed by atoms with van der Waals surface area (Å²) >= 11 is 0. The molecule has 0 saturated heterocycles. The molecule has 0 spiro atoms. The monoisotopic (exact) mass is 437 g/mol. The maximum absolute atomic E-state index is 14.4. The summed E-state index contributed by atoms with van der Waals surface area (Å²) in [6.07, 6.45) is 2.23. The molecule has 32 heavy (non-hydrogen) atoms. The van der Waals surface area contributed by atoms with E-state index in [1.807, 2.05) is 13.8 Å². The van der Waals surface area contributed by atoms with Crippen LogP contribution in [-0.2, 0) is 6.54 Å². The lowest BCUT2D eigenvalue weighted by molar-refractivity contribution is 0.412. The number of hydrogen-bond acceptors (Lipinski definition) is 6. The molecule has 0 atom stereocenters. The SMILES string of the molecule is CCC(C)=Nc1nc(C(=N)c2ccccc2NCc2c(F)ccc(C)c2F)ncc1OC. The molecule has 6 nitrogen and oxygen atoms in total. The molecule has 3 aromatic rings. The summed E-state index contributed by atoms with van der Waals surface area (Å²) in [5.41, 5.74) is 2.25. The van der Waals surface area contributed by atoms with Crippen LogP contribution in [0.25, 0.3) is 0 Å². The number of halogens is 2. The fourth-order valence-electron chi connectivity index (χ4n) is 3.00. The summed E-state index contributed by atoms with van der Waals surface area (Å²) in [7, 11) is 1.51. The zero-order valence-corrected chi connectivity index (χ0v) is 18.5. The minimum absolute atomic E-state index is 0.0477. The molecule has 0 bridgehead atoms. The van der Waals surface area contributed by atoms with Gasteiger partial charge in [-0.2, -0.15) is 0 Å². The lowest BCUT2D eigenvalue weighted by Gasteiger charge is -2.14. The number of para-hydroxylation sites is 1. The van der Waals surface area contributed by atoms with Crippen molar-refractivity contribution in [3.05, 3.63) is 76.7 Å². The second-order valence-electron chi connectivity index (χ2n) is 7.22. The van der Waals surface area contributed by atoms with Crippen LogP contribution in [0.2, 0.25) is 0 Å². The van der Waals surface area contributed by atoms with Gasteiger partial charge in [-0.3, -0.25) is 5.41 Å². The number of aromatic nitrogens is 2. The molecular formula is C24H25F2N5O. The van der Waals surface area contributed by atoms with Gasteiger partial charge in [-0.05, 0) is 38.0 Å². The number of methoxy groups -OCH3 is 1. The van der Waals surface area contributed by atoms with Crippen molar-refractivity contribution in [2.75, 3.05) is 12.4 Å². The Hall–Kier alpha value is -3.68. The Labute approximate surface area is 185 Å². The number of benzene rings is 2. The topological polar surface area (TPSA) is 83.3 Å². The van der Waals surface area contributed by atoms with Gasteiger partial charge in [-0.15, -0.1) is 0 Å². The summed E-state index contributed by atoms with van der Waals surface area (Å²) in [4.78, 5) is 13.1. The molecule has 0 aliphatic rings. The van der Waals surface area contributed by atoms with Gasteiger partial charge < -0.3 is 10.1 Å². The minimum Gasteiger partial charge on any atom is -0.491 e. The van der Waals surface area contributed by atoms with Crippen molar-refractivity contribution in [2.45, 2.75) is 33.7 Å². The van der Waals surface area contributed by atoms with Crippen LogP contribution in [0.1, 0.15) is 42.8 Å². The van der Waals surface area contributed by atoms with Gasteiger partial charge in [0.15, 0.2) is 17.4 Å². The number of rotatable bonds is 8. The smallest absolute Gasteiger partial charge is 0.198 e. The van der Waals surface area contributed by atoms with E-state index in [0.717, 1.165) is 12.1 Å². The van der Waals surface area contributed by atoms with Crippen LogP contribution in [-0.4, -0.2) is 28.5 Å². The highest BCUT2D eigenvalue weighted by atomic mass is 19.1. The third-order valence-electron chi connectivity index (χ3n) is 5.02. The van der Waals surface area contributed by atoms with Crippen molar-refractivity contribution in [3.63, 3.8) is 0 Å². The van der Waals surface area contributed by atoms with Crippen LogP contribution < -0.4 is 10.1 Å². The van der Waals surface area contributed by atoms with Crippen molar-refractivity contribution in [3.8, 4) is 5.75 Å². The predicted octanol–water partition coefficient (Wildman–Crippen LogP) is 5.60. The van der Waals surface area contributed by atoms with Crippen molar-refractivity contribution in [2.24, 2.45) is 4.99 Å². The lowest BCUT2D eigenvalue weighted by atomic mass is 10.1. The van der Waals surface area contributed by atoms with Crippen LogP contribution in [0.3, 0.4) is 0 Å². The molecule has 0 amide bonds. The first-order valence-corrected chi connectivity index (χ1v) is 10.2. The van der Waals surface area contributed by atoms with Crippen molar-refractivity contribution in [1.82, 2.24) is 9.97 Å². The fraction of sp³-hybridized carbons (Fsp3) is 0.250. The first kappa shape index (κ1) is 23.0. The van der Waals surface area contributed by atoms with Crippen molar-refractivity contribution >= 4 is 22.9 Å². The Bertz CT molecular complexity index is 1180. The highest BCUT2D eigenvalue weighted by Crippen LogP contribution is 2.26. The predicted molar refractivity (Wildman–Crippen MR) is 122 cm³/mol. The molecule has 166 valence electrons. The molecular weight excluding hydrogens is 412 g/mol. The quantitative estimate of drug-likeness (QED) is 0.449. The van der Waals surface area contributed by atoms with E-state index in [9.17, 15) is 8.78 Å². The molecule has 0 radical (unpaired) electrons. The largest absolute Gasteiger partial charge is 0.491 e. The molecule has 0 aliphatic carbocycles. The van der Waals surface area contributed by atoms with E-state index in [0.29, 0.717) is 28.4 Å². The third kappa shape index (κ3) is 4.96. The van der Waals surface area contributed by atoms with Crippen LogP contribution in [0, 0.1) is 24.0 Å². The first-order valence-electron chi connectivity index (χ1n) is 10.2. The number of anilines is 1. The number of ether oxygens (including phenoxy) is 1.